The highest BCUT2D eigenvalue weighted by Crippen LogP contribution is 2.07. The van der Waals surface area contributed by atoms with Crippen LogP contribution < -0.4 is 5.32 Å². The van der Waals surface area contributed by atoms with Gasteiger partial charge < -0.3 is 15.1 Å². The molecule has 3 nitrogen and oxygen atoms in total. The van der Waals surface area contributed by atoms with Gasteiger partial charge in [-0.3, -0.25) is 0 Å². The number of rotatable bonds is 4. The molecule has 0 bridgehead atoms. The van der Waals surface area contributed by atoms with Crippen molar-refractivity contribution in [2.75, 3.05) is 46.8 Å². The first-order chi connectivity index (χ1) is 7.20. The van der Waals surface area contributed by atoms with Crippen LogP contribution in [0.25, 0.3) is 0 Å². The Kier molecular flexibility index (Phi) is 6.22. The Balaban J connectivity index is 2.25. The summed E-state index contributed by atoms with van der Waals surface area (Å²) in [5.74, 6) is 0. The van der Waals surface area contributed by atoms with Gasteiger partial charge in [0.2, 0.25) is 0 Å². The Morgan fingerprint density at radius 2 is 1.80 bits per heavy atom. The lowest BCUT2D eigenvalue weighted by atomic mass is 10.1. The van der Waals surface area contributed by atoms with Crippen molar-refractivity contribution in [1.82, 2.24) is 15.1 Å². The summed E-state index contributed by atoms with van der Waals surface area (Å²) in [7, 11) is 4.31. The van der Waals surface area contributed by atoms with E-state index in [1.54, 1.807) is 0 Å². The second-order valence-corrected chi connectivity index (χ2v) is 4.93. The van der Waals surface area contributed by atoms with Crippen molar-refractivity contribution in [3.05, 3.63) is 0 Å². The van der Waals surface area contributed by atoms with Crippen LogP contribution in [0.2, 0.25) is 0 Å². The topological polar surface area (TPSA) is 18.5 Å². The maximum Gasteiger partial charge on any atom is 0.00791 e. The minimum atomic E-state index is 0.741. The van der Waals surface area contributed by atoms with Gasteiger partial charge in [0.05, 0.1) is 0 Å². The molecule has 0 spiro atoms. The quantitative estimate of drug-likeness (QED) is 0.752. The van der Waals surface area contributed by atoms with Crippen molar-refractivity contribution < 1.29 is 0 Å². The molecule has 0 radical (unpaired) electrons. The molecule has 1 fully saturated rings. The summed E-state index contributed by atoms with van der Waals surface area (Å²) >= 11 is 0. The molecule has 0 aromatic carbocycles. The van der Waals surface area contributed by atoms with Crippen molar-refractivity contribution in [3.8, 4) is 0 Å². The zero-order chi connectivity index (χ0) is 11.1. The molecule has 1 rings (SSSR count). The van der Waals surface area contributed by atoms with Crippen molar-refractivity contribution in [3.63, 3.8) is 0 Å². The highest BCUT2D eigenvalue weighted by Gasteiger charge is 2.14. The summed E-state index contributed by atoms with van der Waals surface area (Å²) in [6.07, 6.45) is 3.89. The number of nitrogens with one attached hydrogen (secondary N) is 1. The van der Waals surface area contributed by atoms with Crippen LogP contribution in [0, 0.1) is 0 Å². The maximum atomic E-state index is 3.46. The molecular formula is C12H27N3. The van der Waals surface area contributed by atoms with Gasteiger partial charge >= 0.3 is 0 Å². The fourth-order valence-electron chi connectivity index (χ4n) is 2.12. The van der Waals surface area contributed by atoms with Gasteiger partial charge in [0.1, 0.15) is 0 Å². The van der Waals surface area contributed by atoms with Crippen molar-refractivity contribution >= 4 is 0 Å². The van der Waals surface area contributed by atoms with Crippen LogP contribution in [0.15, 0.2) is 0 Å². The van der Waals surface area contributed by atoms with E-state index in [0.29, 0.717) is 0 Å². The summed E-state index contributed by atoms with van der Waals surface area (Å²) in [6, 6.07) is 0.741. The van der Waals surface area contributed by atoms with Crippen molar-refractivity contribution in [1.29, 1.82) is 0 Å². The van der Waals surface area contributed by atoms with Crippen LogP contribution in [-0.4, -0.2) is 62.7 Å². The fourth-order valence-corrected chi connectivity index (χ4v) is 2.12. The van der Waals surface area contributed by atoms with Crippen LogP contribution in [0.4, 0.5) is 0 Å². The SMILES string of the molecule is CC(CCN(C)C)N1CCCNCCC1. The Morgan fingerprint density at radius 1 is 1.20 bits per heavy atom. The third-order valence-electron chi connectivity index (χ3n) is 3.22. The van der Waals surface area contributed by atoms with Gasteiger partial charge in [0.25, 0.3) is 0 Å². The third kappa shape index (κ3) is 5.50. The second-order valence-electron chi connectivity index (χ2n) is 4.93. The first-order valence-electron chi connectivity index (χ1n) is 6.29. The van der Waals surface area contributed by atoms with E-state index in [4.69, 9.17) is 0 Å². The molecule has 1 saturated heterocycles. The van der Waals surface area contributed by atoms with Gasteiger partial charge in [-0.2, -0.15) is 0 Å². The number of hydrogen-bond acceptors (Lipinski definition) is 3. The molecule has 0 saturated carbocycles. The first kappa shape index (κ1) is 12.9. The lowest BCUT2D eigenvalue weighted by molar-refractivity contribution is 0.176. The van der Waals surface area contributed by atoms with Gasteiger partial charge in [-0.25, -0.2) is 0 Å². The molecule has 1 aliphatic rings. The third-order valence-corrected chi connectivity index (χ3v) is 3.22. The molecule has 0 aliphatic carbocycles. The van der Waals surface area contributed by atoms with E-state index in [0.717, 1.165) is 6.04 Å². The van der Waals surface area contributed by atoms with Crippen molar-refractivity contribution in [2.45, 2.75) is 32.2 Å². The number of hydrogen-bond donors (Lipinski definition) is 1. The van der Waals surface area contributed by atoms with Crippen LogP contribution in [0.3, 0.4) is 0 Å². The molecule has 0 aromatic rings. The summed E-state index contributed by atoms with van der Waals surface area (Å²) in [5.41, 5.74) is 0. The molecule has 1 N–H and O–H groups in total. The summed E-state index contributed by atoms with van der Waals surface area (Å²) in [5, 5.41) is 3.46. The van der Waals surface area contributed by atoms with Gasteiger partial charge in [-0.1, -0.05) is 0 Å². The standard InChI is InChI=1S/C12H27N3/c1-12(6-11-14(2)3)15-9-4-7-13-8-5-10-15/h12-13H,4-11H2,1-3H3. The highest BCUT2D eigenvalue weighted by molar-refractivity contribution is 4.71. The molecule has 1 unspecified atom stereocenters. The van der Waals surface area contributed by atoms with Crippen LogP contribution in [0.1, 0.15) is 26.2 Å². The average Bonchev–Trinajstić information content (AvgIpc) is 2.13. The molecule has 15 heavy (non-hydrogen) atoms. The van der Waals surface area contributed by atoms with E-state index in [1.807, 2.05) is 0 Å². The Labute approximate surface area is 94.8 Å². The smallest absolute Gasteiger partial charge is 0.00791 e. The van der Waals surface area contributed by atoms with E-state index in [1.165, 1.54) is 52.0 Å². The normalized spacial score (nSPS) is 22.4. The zero-order valence-corrected chi connectivity index (χ0v) is 10.6. The molecule has 0 aromatic heterocycles. The van der Waals surface area contributed by atoms with E-state index >= 15 is 0 Å². The number of nitrogens with zero attached hydrogens (tertiary/aromatic N) is 2. The molecule has 3 heteroatoms. The molecule has 1 aliphatic heterocycles. The Bertz CT molecular complexity index is 151. The van der Waals surface area contributed by atoms with E-state index < -0.39 is 0 Å². The van der Waals surface area contributed by atoms with Gasteiger partial charge in [-0.05, 0) is 73.0 Å². The van der Waals surface area contributed by atoms with Gasteiger partial charge in [0.15, 0.2) is 0 Å². The molecule has 1 heterocycles. The fraction of sp³-hybridized carbons (Fsp3) is 1.00. The Hall–Kier alpha value is -0.120. The maximum absolute atomic E-state index is 3.46. The Morgan fingerprint density at radius 3 is 2.33 bits per heavy atom. The van der Waals surface area contributed by atoms with Gasteiger partial charge in [-0.15, -0.1) is 0 Å². The van der Waals surface area contributed by atoms with E-state index in [9.17, 15) is 0 Å². The lowest BCUT2D eigenvalue weighted by Gasteiger charge is -2.31. The lowest BCUT2D eigenvalue weighted by Crippen LogP contribution is -2.40. The molecule has 90 valence electrons. The first-order valence-corrected chi connectivity index (χ1v) is 6.29. The minimum absolute atomic E-state index is 0.741. The van der Waals surface area contributed by atoms with Crippen LogP contribution >= 0.6 is 0 Å². The summed E-state index contributed by atoms with van der Waals surface area (Å²) in [6.45, 7) is 8.49. The summed E-state index contributed by atoms with van der Waals surface area (Å²) in [4.78, 5) is 4.94. The van der Waals surface area contributed by atoms with E-state index in [2.05, 4.69) is 36.1 Å². The van der Waals surface area contributed by atoms with Crippen molar-refractivity contribution in [2.24, 2.45) is 0 Å². The second kappa shape index (κ2) is 7.20. The highest BCUT2D eigenvalue weighted by atomic mass is 15.2. The largest absolute Gasteiger partial charge is 0.317 e. The minimum Gasteiger partial charge on any atom is -0.317 e. The average molecular weight is 213 g/mol. The predicted octanol–water partition coefficient (Wildman–Crippen LogP) is 1.01. The monoisotopic (exact) mass is 213 g/mol. The van der Waals surface area contributed by atoms with Gasteiger partial charge in [0, 0.05) is 6.04 Å². The molecule has 0 amide bonds. The van der Waals surface area contributed by atoms with E-state index in [-0.39, 0.29) is 0 Å². The van der Waals surface area contributed by atoms with Crippen LogP contribution in [-0.2, 0) is 0 Å². The molecular weight excluding hydrogens is 186 g/mol. The molecule has 1 atom stereocenters. The summed E-state index contributed by atoms with van der Waals surface area (Å²) < 4.78 is 0. The van der Waals surface area contributed by atoms with Crippen LogP contribution in [0.5, 0.6) is 0 Å². The zero-order valence-electron chi connectivity index (χ0n) is 10.6. The predicted molar refractivity (Wildman–Crippen MR) is 66.3 cm³/mol.